The average molecular weight is 316 g/mol. The summed E-state index contributed by atoms with van der Waals surface area (Å²) in [4.78, 5) is 4.24. The van der Waals surface area contributed by atoms with Crippen molar-refractivity contribution in [2.45, 2.75) is 11.8 Å². The summed E-state index contributed by atoms with van der Waals surface area (Å²) in [5.41, 5.74) is 1.71. The van der Waals surface area contributed by atoms with E-state index in [1.165, 1.54) is 18.2 Å². The van der Waals surface area contributed by atoms with Crippen LogP contribution in [0.1, 0.15) is 5.69 Å². The highest BCUT2D eigenvalue weighted by Gasteiger charge is 2.16. The van der Waals surface area contributed by atoms with Crippen LogP contribution in [0.4, 0.5) is 10.1 Å². The molecule has 0 aliphatic carbocycles. The van der Waals surface area contributed by atoms with Gasteiger partial charge in [0.2, 0.25) is 0 Å². The summed E-state index contributed by atoms with van der Waals surface area (Å²) in [7, 11) is -3.87. The Morgan fingerprint density at radius 3 is 2.59 bits per heavy atom. The topological polar surface area (TPSA) is 59.1 Å². The molecule has 1 N–H and O–H groups in total. The van der Waals surface area contributed by atoms with Crippen LogP contribution in [0.5, 0.6) is 0 Å². The minimum atomic E-state index is -3.87. The van der Waals surface area contributed by atoms with Crippen molar-refractivity contribution in [3.05, 3.63) is 66.1 Å². The van der Waals surface area contributed by atoms with Crippen LogP contribution < -0.4 is 4.72 Å². The highest BCUT2D eigenvalue weighted by molar-refractivity contribution is 7.92. The lowest BCUT2D eigenvalue weighted by molar-refractivity contribution is 0.595. The SMILES string of the molecule is Cc1ccc2cccc(NS(=O)(=O)c3cccc(F)c3)c2n1. The molecule has 2 aromatic carbocycles. The highest BCUT2D eigenvalue weighted by Crippen LogP contribution is 2.24. The largest absolute Gasteiger partial charge is 0.277 e. The van der Waals surface area contributed by atoms with E-state index in [0.717, 1.165) is 17.1 Å². The van der Waals surface area contributed by atoms with Crippen molar-refractivity contribution < 1.29 is 12.8 Å². The van der Waals surface area contributed by atoms with E-state index < -0.39 is 15.8 Å². The summed E-state index contributed by atoms with van der Waals surface area (Å²) >= 11 is 0. The van der Waals surface area contributed by atoms with Crippen molar-refractivity contribution in [3.8, 4) is 0 Å². The number of nitrogens with zero attached hydrogens (tertiary/aromatic N) is 1. The lowest BCUT2D eigenvalue weighted by Crippen LogP contribution is -2.13. The minimum absolute atomic E-state index is 0.128. The molecule has 3 aromatic rings. The standard InChI is InChI=1S/C16H13FN2O2S/c1-11-8-9-12-4-2-7-15(16(12)18-11)19-22(20,21)14-6-3-5-13(17)10-14/h2-10,19H,1H3. The smallest absolute Gasteiger partial charge is 0.262 e. The second-order valence-electron chi connectivity index (χ2n) is 4.89. The van der Waals surface area contributed by atoms with Gasteiger partial charge < -0.3 is 0 Å². The van der Waals surface area contributed by atoms with Crippen LogP contribution >= 0.6 is 0 Å². The fourth-order valence-electron chi connectivity index (χ4n) is 2.16. The molecule has 0 amide bonds. The Balaban J connectivity index is 2.08. The summed E-state index contributed by atoms with van der Waals surface area (Å²) in [5.74, 6) is -0.602. The maximum absolute atomic E-state index is 13.2. The zero-order chi connectivity index (χ0) is 15.7. The first-order valence-corrected chi connectivity index (χ1v) is 8.09. The number of pyridine rings is 1. The summed E-state index contributed by atoms with van der Waals surface area (Å²) < 4.78 is 40.5. The van der Waals surface area contributed by atoms with Gasteiger partial charge in [-0.2, -0.15) is 0 Å². The number of hydrogen-bond donors (Lipinski definition) is 1. The van der Waals surface area contributed by atoms with Gasteiger partial charge in [0.15, 0.2) is 0 Å². The van der Waals surface area contributed by atoms with Crippen LogP contribution in [-0.2, 0) is 10.0 Å². The zero-order valence-corrected chi connectivity index (χ0v) is 12.6. The van der Waals surface area contributed by atoms with Crippen LogP contribution in [0.3, 0.4) is 0 Å². The second-order valence-corrected chi connectivity index (χ2v) is 6.58. The van der Waals surface area contributed by atoms with Gasteiger partial charge in [-0.25, -0.2) is 12.8 Å². The van der Waals surface area contributed by atoms with Crippen LogP contribution in [0, 0.1) is 12.7 Å². The molecule has 6 heteroatoms. The normalized spacial score (nSPS) is 11.5. The molecule has 4 nitrogen and oxygen atoms in total. The second kappa shape index (κ2) is 5.38. The lowest BCUT2D eigenvalue weighted by Gasteiger charge is -2.10. The first kappa shape index (κ1) is 14.5. The molecule has 0 aliphatic heterocycles. The van der Waals surface area contributed by atoms with Crippen molar-refractivity contribution in [2.24, 2.45) is 0 Å². The Morgan fingerprint density at radius 1 is 1.05 bits per heavy atom. The molecule has 3 rings (SSSR count). The molecule has 0 bridgehead atoms. The molecule has 0 fully saturated rings. The molecule has 1 aromatic heterocycles. The third-order valence-corrected chi connectivity index (χ3v) is 4.57. The first-order valence-electron chi connectivity index (χ1n) is 6.60. The molecule has 0 atom stereocenters. The monoisotopic (exact) mass is 316 g/mol. The molecule has 0 radical (unpaired) electrons. The molecule has 1 heterocycles. The van der Waals surface area contributed by atoms with Gasteiger partial charge in [-0.3, -0.25) is 9.71 Å². The van der Waals surface area contributed by atoms with E-state index in [1.54, 1.807) is 12.1 Å². The van der Waals surface area contributed by atoms with Gasteiger partial charge in [0, 0.05) is 11.1 Å². The number of anilines is 1. The third-order valence-electron chi connectivity index (χ3n) is 3.21. The number of sulfonamides is 1. The van der Waals surface area contributed by atoms with Crippen molar-refractivity contribution in [3.63, 3.8) is 0 Å². The molecule has 0 unspecified atom stereocenters. The third kappa shape index (κ3) is 2.78. The van der Waals surface area contributed by atoms with Crippen LogP contribution in [0.2, 0.25) is 0 Å². The molecule has 0 spiro atoms. The fourth-order valence-corrected chi connectivity index (χ4v) is 3.26. The molecule has 0 aliphatic rings. The Hall–Kier alpha value is -2.47. The van der Waals surface area contributed by atoms with Gasteiger partial charge in [-0.05, 0) is 37.3 Å². The Bertz CT molecular complexity index is 955. The predicted molar refractivity (Wildman–Crippen MR) is 83.7 cm³/mol. The number of fused-ring (bicyclic) bond motifs is 1. The van der Waals surface area contributed by atoms with Crippen LogP contribution in [-0.4, -0.2) is 13.4 Å². The maximum Gasteiger partial charge on any atom is 0.262 e. The van der Waals surface area contributed by atoms with E-state index in [9.17, 15) is 12.8 Å². The van der Waals surface area contributed by atoms with Gasteiger partial charge >= 0.3 is 0 Å². The van der Waals surface area contributed by atoms with E-state index >= 15 is 0 Å². The molecular weight excluding hydrogens is 303 g/mol. The molecule has 112 valence electrons. The van der Waals surface area contributed by atoms with E-state index in [1.807, 2.05) is 25.1 Å². The van der Waals surface area contributed by atoms with Crippen molar-refractivity contribution in [1.29, 1.82) is 0 Å². The average Bonchev–Trinajstić information content (AvgIpc) is 2.48. The van der Waals surface area contributed by atoms with E-state index in [4.69, 9.17) is 0 Å². The van der Waals surface area contributed by atoms with Crippen LogP contribution in [0.25, 0.3) is 10.9 Å². The summed E-state index contributed by atoms with van der Waals surface area (Å²) in [6.07, 6.45) is 0. The molecule has 0 saturated carbocycles. The minimum Gasteiger partial charge on any atom is -0.277 e. The van der Waals surface area contributed by atoms with Crippen molar-refractivity contribution in [2.75, 3.05) is 4.72 Å². The van der Waals surface area contributed by atoms with E-state index in [2.05, 4.69) is 9.71 Å². The number of nitrogens with one attached hydrogen (secondary N) is 1. The fraction of sp³-hybridized carbons (Fsp3) is 0.0625. The number of aryl methyl sites for hydroxylation is 1. The van der Waals surface area contributed by atoms with Gasteiger partial charge in [-0.15, -0.1) is 0 Å². The highest BCUT2D eigenvalue weighted by atomic mass is 32.2. The first-order chi connectivity index (χ1) is 10.5. The Morgan fingerprint density at radius 2 is 1.82 bits per heavy atom. The number of hydrogen-bond acceptors (Lipinski definition) is 3. The predicted octanol–water partition coefficient (Wildman–Crippen LogP) is 3.48. The van der Waals surface area contributed by atoms with Crippen LogP contribution in [0.15, 0.2) is 59.5 Å². The zero-order valence-electron chi connectivity index (χ0n) is 11.7. The number of rotatable bonds is 3. The van der Waals surface area contributed by atoms with E-state index in [-0.39, 0.29) is 4.90 Å². The van der Waals surface area contributed by atoms with E-state index in [0.29, 0.717) is 11.2 Å². The molecule has 0 saturated heterocycles. The lowest BCUT2D eigenvalue weighted by atomic mass is 10.2. The summed E-state index contributed by atoms with van der Waals surface area (Å²) in [6.45, 7) is 1.83. The van der Waals surface area contributed by atoms with Gasteiger partial charge in [-0.1, -0.05) is 24.3 Å². The van der Waals surface area contributed by atoms with Crippen molar-refractivity contribution in [1.82, 2.24) is 4.98 Å². The molecule has 22 heavy (non-hydrogen) atoms. The van der Waals surface area contributed by atoms with Gasteiger partial charge in [0.25, 0.3) is 10.0 Å². The summed E-state index contributed by atoms with van der Waals surface area (Å²) in [6, 6.07) is 13.8. The Kier molecular flexibility index (Phi) is 3.54. The van der Waals surface area contributed by atoms with Gasteiger partial charge in [0.1, 0.15) is 5.82 Å². The number of aromatic nitrogens is 1. The number of para-hydroxylation sites is 1. The maximum atomic E-state index is 13.2. The van der Waals surface area contributed by atoms with Gasteiger partial charge in [0.05, 0.1) is 16.1 Å². The quantitative estimate of drug-likeness (QED) is 0.805. The summed E-state index contributed by atoms with van der Waals surface area (Å²) in [5, 5.41) is 0.824. The van der Waals surface area contributed by atoms with Crippen molar-refractivity contribution >= 4 is 26.6 Å². The Labute approximate surface area is 127 Å². The molecular formula is C16H13FN2O2S. The number of benzene rings is 2. The number of halogens is 1.